The first-order valence-corrected chi connectivity index (χ1v) is 16.1. The Hall–Kier alpha value is -4.09. The van der Waals surface area contributed by atoms with E-state index in [1.807, 2.05) is 38.1 Å². The number of aromatic nitrogens is 1. The highest BCUT2D eigenvalue weighted by atomic mass is 16.6. The number of unbranched alkanes of at least 4 members (excludes halogenated alkanes) is 1. The molecule has 3 heterocycles. The molecule has 0 bridgehead atoms. The SMILES string of the molecule is CCC(C)[C@@H]1NC(=O)C(Cc2cn(OC)c3ccccc23)NC(=O)[C@H](C)NC(=O)C2CCCCN2C1=O.CCCCNC(C)=O. The fraction of sp³-hybridized carbons (Fsp3) is 0.606. The predicted octanol–water partition coefficient (Wildman–Crippen LogP) is 2.08. The Labute approximate surface area is 265 Å². The summed E-state index contributed by atoms with van der Waals surface area (Å²) in [5, 5.41) is 12.1. The average molecular weight is 627 g/mol. The van der Waals surface area contributed by atoms with E-state index < -0.39 is 36.0 Å². The van der Waals surface area contributed by atoms with Gasteiger partial charge in [-0.15, -0.1) is 0 Å². The number of hydrogen-bond acceptors (Lipinski definition) is 6. The van der Waals surface area contributed by atoms with Gasteiger partial charge in [-0.3, -0.25) is 24.0 Å². The van der Waals surface area contributed by atoms with Crippen molar-refractivity contribution in [1.29, 1.82) is 0 Å². The van der Waals surface area contributed by atoms with E-state index in [1.165, 1.54) is 6.92 Å². The summed E-state index contributed by atoms with van der Waals surface area (Å²) in [4.78, 5) is 70.9. The van der Waals surface area contributed by atoms with Crippen LogP contribution >= 0.6 is 0 Å². The Balaban J connectivity index is 0.000000610. The number of nitrogens with one attached hydrogen (secondary N) is 4. The van der Waals surface area contributed by atoms with Gasteiger partial charge in [-0.25, -0.2) is 0 Å². The first-order chi connectivity index (χ1) is 21.5. The van der Waals surface area contributed by atoms with Gasteiger partial charge in [0.05, 0.1) is 5.52 Å². The second kappa shape index (κ2) is 16.8. The van der Waals surface area contributed by atoms with Crippen molar-refractivity contribution < 1.29 is 28.8 Å². The molecule has 0 saturated carbocycles. The average Bonchev–Trinajstić information content (AvgIpc) is 3.39. The summed E-state index contributed by atoms with van der Waals surface area (Å²) in [5.74, 6) is -1.58. The van der Waals surface area contributed by atoms with E-state index in [2.05, 4.69) is 28.2 Å². The van der Waals surface area contributed by atoms with Crippen LogP contribution in [0.4, 0.5) is 0 Å². The van der Waals surface area contributed by atoms with Crippen LogP contribution in [0, 0.1) is 5.92 Å². The molecule has 0 aliphatic carbocycles. The van der Waals surface area contributed by atoms with Crippen molar-refractivity contribution in [1.82, 2.24) is 30.9 Å². The molecule has 12 nitrogen and oxygen atoms in total. The topological polar surface area (TPSA) is 151 Å². The molecule has 5 atom stereocenters. The molecular weight excluding hydrogens is 576 g/mol. The molecule has 2 aromatic rings. The van der Waals surface area contributed by atoms with Crippen LogP contribution in [0.3, 0.4) is 0 Å². The molecule has 4 N–H and O–H groups in total. The number of benzene rings is 1. The summed E-state index contributed by atoms with van der Waals surface area (Å²) in [6.07, 6.45) is 7.00. The molecule has 3 unspecified atom stereocenters. The van der Waals surface area contributed by atoms with Gasteiger partial charge in [-0.2, -0.15) is 4.73 Å². The maximum absolute atomic E-state index is 13.7. The first kappa shape index (κ1) is 35.4. The monoisotopic (exact) mass is 626 g/mol. The Bertz CT molecular complexity index is 1340. The molecule has 1 aromatic carbocycles. The highest BCUT2D eigenvalue weighted by Gasteiger charge is 2.40. The minimum absolute atomic E-state index is 0.0680. The fourth-order valence-corrected chi connectivity index (χ4v) is 5.66. The van der Waals surface area contributed by atoms with Gasteiger partial charge in [-0.1, -0.05) is 51.8 Å². The number of fused-ring (bicyclic) bond motifs is 2. The molecule has 12 heteroatoms. The number of piperidine rings is 1. The number of carbonyl (C=O) groups excluding carboxylic acids is 5. The first-order valence-electron chi connectivity index (χ1n) is 16.1. The molecule has 0 spiro atoms. The molecule has 4 rings (SSSR count). The second-order valence-electron chi connectivity index (χ2n) is 11.9. The van der Waals surface area contributed by atoms with Crippen LogP contribution in [0.1, 0.15) is 78.7 Å². The molecule has 248 valence electrons. The smallest absolute Gasteiger partial charge is 0.246 e. The zero-order chi connectivity index (χ0) is 33.1. The van der Waals surface area contributed by atoms with E-state index in [4.69, 9.17) is 4.84 Å². The highest BCUT2D eigenvalue weighted by molar-refractivity contribution is 5.98. The van der Waals surface area contributed by atoms with E-state index >= 15 is 0 Å². The Morgan fingerprint density at radius 1 is 1.04 bits per heavy atom. The fourth-order valence-electron chi connectivity index (χ4n) is 5.66. The number of rotatable bonds is 8. The van der Waals surface area contributed by atoms with Crippen LogP contribution in [0.5, 0.6) is 0 Å². The van der Waals surface area contributed by atoms with Crippen molar-refractivity contribution in [2.75, 3.05) is 20.2 Å². The zero-order valence-corrected chi connectivity index (χ0v) is 27.5. The van der Waals surface area contributed by atoms with Gasteiger partial charge in [0, 0.05) is 38.0 Å². The molecule has 2 aliphatic rings. The molecule has 2 fully saturated rings. The molecule has 45 heavy (non-hydrogen) atoms. The van der Waals surface area contributed by atoms with E-state index in [-0.39, 0.29) is 30.1 Å². The zero-order valence-electron chi connectivity index (χ0n) is 27.5. The maximum Gasteiger partial charge on any atom is 0.246 e. The highest BCUT2D eigenvalue weighted by Crippen LogP contribution is 2.24. The van der Waals surface area contributed by atoms with Crippen molar-refractivity contribution >= 4 is 40.4 Å². The molecule has 5 amide bonds. The van der Waals surface area contributed by atoms with Gasteiger partial charge in [-0.05, 0) is 50.2 Å². The standard InChI is InChI=1S/C27H37N5O5.C6H13NO/c1-5-16(2)23-27(36)31-13-9-8-12-22(31)26(35)28-17(3)24(33)29-20(25(34)30-23)14-18-15-32(37-4)21-11-7-6-10-19(18)21;1-3-4-5-7-6(2)8/h6-7,10-11,15-17,20,22-23H,5,8-9,12-14H2,1-4H3,(H,28,35)(H,29,33)(H,30,34);3-5H2,1-2H3,(H,7,8)/t16?,17-,20?,22?,23-;/m0./s1. The van der Waals surface area contributed by atoms with Crippen LogP contribution in [0.25, 0.3) is 10.9 Å². The summed E-state index contributed by atoms with van der Waals surface area (Å²) in [7, 11) is 1.56. The van der Waals surface area contributed by atoms with Crippen LogP contribution < -0.4 is 26.1 Å². The lowest BCUT2D eigenvalue weighted by atomic mass is 9.93. The van der Waals surface area contributed by atoms with Gasteiger partial charge in [0.15, 0.2) is 0 Å². The third-order valence-corrected chi connectivity index (χ3v) is 8.54. The summed E-state index contributed by atoms with van der Waals surface area (Å²) in [6.45, 7) is 10.4. The number of nitrogens with zero attached hydrogens (tertiary/aromatic N) is 2. The van der Waals surface area contributed by atoms with Crippen molar-refractivity contribution in [3.05, 3.63) is 36.0 Å². The molecular formula is C33H50N6O6. The Morgan fingerprint density at radius 2 is 1.78 bits per heavy atom. The second-order valence-corrected chi connectivity index (χ2v) is 11.9. The summed E-state index contributed by atoms with van der Waals surface area (Å²) < 4.78 is 1.62. The summed E-state index contributed by atoms with van der Waals surface area (Å²) in [6, 6.07) is 4.35. The van der Waals surface area contributed by atoms with Gasteiger partial charge >= 0.3 is 0 Å². The third kappa shape index (κ3) is 9.21. The minimum atomic E-state index is -0.959. The number of hydrogen-bond donors (Lipinski definition) is 4. The Morgan fingerprint density at radius 3 is 2.44 bits per heavy atom. The van der Waals surface area contributed by atoms with Crippen LogP contribution in [0.2, 0.25) is 0 Å². The molecule has 2 aliphatic heterocycles. The molecule has 1 aromatic heterocycles. The predicted molar refractivity (Wildman–Crippen MR) is 172 cm³/mol. The number of amides is 5. The van der Waals surface area contributed by atoms with E-state index in [9.17, 15) is 24.0 Å². The van der Waals surface area contributed by atoms with Crippen LogP contribution in [-0.4, -0.2) is 83.5 Å². The van der Waals surface area contributed by atoms with Gasteiger partial charge < -0.3 is 31.0 Å². The van der Waals surface area contributed by atoms with Crippen molar-refractivity contribution in [2.24, 2.45) is 5.92 Å². The molecule has 2 saturated heterocycles. The lowest BCUT2D eigenvalue weighted by Crippen LogP contribution is -2.64. The van der Waals surface area contributed by atoms with E-state index in [1.54, 1.807) is 29.9 Å². The maximum atomic E-state index is 13.7. The van der Waals surface area contributed by atoms with Gasteiger partial charge in [0.25, 0.3) is 0 Å². The number of para-hydroxylation sites is 1. The van der Waals surface area contributed by atoms with Crippen LogP contribution in [-0.2, 0) is 30.4 Å². The van der Waals surface area contributed by atoms with E-state index in [0.717, 1.165) is 48.7 Å². The van der Waals surface area contributed by atoms with Gasteiger partial charge in [0.2, 0.25) is 29.5 Å². The third-order valence-electron chi connectivity index (χ3n) is 8.54. The largest absolute Gasteiger partial charge is 0.417 e. The van der Waals surface area contributed by atoms with Crippen molar-refractivity contribution in [3.8, 4) is 0 Å². The number of carbonyl (C=O) groups is 5. The van der Waals surface area contributed by atoms with Crippen LogP contribution in [0.15, 0.2) is 30.5 Å². The quantitative estimate of drug-likeness (QED) is 0.330. The Kier molecular flexibility index (Phi) is 13.2. The lowest BCUT2D eigenvalue weighted by molar-refractivity contribution is -0.147. The van der Waals surface area contributed by atoms with E-state index in [0.29, 0.717) is 19.4 Å². The van der Waals surface area contributed by atoms with Crippen molar-refractivity contribution in [2.45, 2.75) is 104 Å². The van der Waals surface area contributed by atoms with Gasteiger partial charge in [0.1, 0.15) is 31.3 Å². The summed E-state index contributed by atoms with van der Waals surface area (Å²) >= 11 is 0. The minimum Gasteiger partial charge on any atom is -0.417 e. The normalized spacial score (nSPS) is 23.2. The molecule has 0 radical (unpaired) electrons. The lowest BCUT2D eigenvalue weighted by Gasteiger charge is -2.39. The van der Waals surface area contributed by atoms with Crippen molar-refractivity contribution in [3.63, 3.8) is 0 Å². The summed E-state index contributed by atoms with van der Waals surface area (Å²) in [5.41, 5.74) is 1.65.